The summed E-state index contributed by atoms with van der Waals surface area (Å²) in [5.41, 5.74) is 6.88. The minimum atomic E-state index is 0.187. The summed E-state index contributed by atoms with van der Waals surface area (Å²) in [7, 11) is 0. The van der Waals surface area contributed by atoms with Gasteiger partial charge >= 0.3 is 0 Å². The monoisotopic (exact) mass is 208 g/mol. The minimum absolute atomic E-state index is 0.187. The van der Waals surface area contributed by atoms with Gasteiger partial charge in [-0.15, -0.1) is 0 Å². The molecule has 2 atom stereocenters. The molecule has 0 aliphatic heterocycles. The standard InChI is InChI=1S/C12H20N2O/c1-9(13)8-14-10(2)7-11-3-5-12(15)6-4-11/h3-6,9-10,14-15H,7-8,13H2,1-2H3. The Hall–Kier alpha value is -1.06. The molecule has 0 bridgehead atoms. The van der Waals surface area contributed by atoms with Crippen molar-refractivity contribution in [2.75, 3.05) is 6.54 Å². The topological polar surface area (TPSA) is 58.3 Å². The maximum atomic E-state index is 9.13. The molecule has 0 spiro atoms. The van der Waals surface area contributed by atoms with Gasteiger partial charge in [0.25, 0.3) is 0 Å². The van der Waals surface area contributed by atoms with Gasteiger partial charge in [-0.1, -0.05) is 12.1 Å². The molecule has 84 valence electrons. The largest absolute Gasteiger partial charge is 0.508 e. The molecule has 15 heavy (non-hydrogen) atoms. The van der Waals surface area contributed by atoms with Crippen LogP contribution >= 0.6 is 0 Å². The lowest BCUT2D eigenvalue weighted by molar-refractivity contribution is 0.474. The van der Waals surface area contributed by atoms with Crippen molar-refractivity contribution in [1.82, 2.24) is 5.32 Å². The predicted molar refractivity (Wildman–Crippen MR) is 62.9 cm³/mol. The fourth-order valence-electron chi connectivity index (χ4n) is 1.44. The van der Waals surface area contributed by atoms with Gasteiger partial charge < -0.3 is 16.2 Å². The second-order valence-corrected chi connectivity index (χ2v) is 4.16. The van der Waals surface area contributed by atoms with Crippen LogP contribution in [0.25, 0.3) is 0 Å². The molecule has 0 aliphatic carbocycles. The van der Waals surface area contributed by atoms with E-state index in [0.717, 1.165) is 13.0 Å². The number of phenols is 1. The van der Waals surface area contributed by atoms with Gasteiger partial charge in [0.2, 0.25) is 0 Å². The molecule has 0 radical (unpaired) electrons. The number of benzene rings is 1. The van der Waals surface area contributed by atoms with E-state index < -0.39 is 0 Å². The van der Waals surface area contributed by atoms with Gasteiger partial charge in [-0.05, 0) is 38.0 Å². The fourth-order valence-corrected chi connectivity index (χ4v) is 1.44. The Balaban J connectivity index is 2.37. The Morgan fingerprint density at radius 2 is 1.87 bits per heavy atom. The molecule has 0 aromatic heterocycles. The number of hydrogen-bond acceptors (Lipinski definition) is 3. The van der Waals surface area contributed by atoms with E-state index in [0.29, 0.717) is 11.8 Å². The molecule has 0 aliphatic rings. The summed E-state index contributed by atoms with van der Waals surface area (Å²) in [6.45, 7) is 4.95. The second kappa shape index (κ2) is 5.73. The van der Waals surface area contributed by atoms with Crippen LogP contribution in [-0.4, -0.2) is 23.7 Å². The van der Waals surface area contributed by atoms with E-state index in [4.69, 9.17) is 10.8 Å². The SMILES string of the molecule is CC(N)CNC(C)Cc1ccc(O)cc1. The van der Waals surface area contributed by atoms with Crippen LogP contribution in [0.4, 0.5) is 0 Å². The lowest BCUT2D eigenvalue weighted by Crippen LogP contribution is -2.37. The number of phenolic OH excluding ortho intramolecular Hbond substituents is 1. The molecule has 3 nitrogen and oxygen atoms in total. The number of nitrogens with one attached hydrogen (secondary N) is 1. The van der Waals surface area contributed by atoms with Crippen molar-refractivity contribution in [2.24, 2.45) is 5.73 Å². The summed E-state index contributed by atoms with van der Waals surface area (Å²) in [5.74, 6) is 0.315. The Bertz CT molecular complexity index is 282. The first-order valence-electron chi connectivity index (χ1n) is 5.35. The molecule has 0 saturated carbocycles. The van der Waals surface area contributed by atoms with Gasteiger partial charge in [-0.25, -0.2) is 0 Å². The number of hydrogen-bond donors (Lipinski definition) is 3. The normalized spacial score (nSPS) is 14.9. The van der Waals surface area contributed by atoms with Crippen molar-refractivity contribution in [3.8, 4) is 5.75 Å². The van der Waals surface area contributed by atoms with Crippen molar-refractivity contribution >= 4 is 0 Å². The van der Waals surface area contributed by atoms with E-state index in [1.807, 2.05) is 19.1 Å². The molecular formula is C12H20N2O. The quantitative estimate of drug-likeness (QED) is 0.683. The minimum Gasteiger partial charge on any atom is -0.508 e. The Morgan fingerprint density at radius 1 is 1.27 bits per heavy atom. The van der Waals surface area contributed by atoms with Crippen molar-refractivity contribution in [2.45, 2.75) is 32.4 Å². The van der Waals surface area contributed by atoms with Crippen molar-refractivity contribution in [1.29, 1.82) is 0 Å². The van der Waals surface area contributed by atoms with Gasteiger partial charge in [0.1, 0.15) is 5.75 Å². The van der Waals surface area contributed by atoms with Crippen LogP contribution in [0.1, 0.15) is 19.4 Å². The Kier molecular flexibility index (Phi) is 4.59. The van der Waals surface area contributed by atoms with Crippen LogP contribution in [0.5, 0.6) is 5.75 Å². The van der Waals surface area contributed by atoms with Crippen LogP contribution in [0.2, 0.25) is 0 Å². The highest BCUT2D eigenvalue weighted by molar-refractivity contribution is 5.26. The van der Waals surface area contributed by atoms with Gasteiger partial charge in [0.05, 0.1) is 0 Å². The molecule has 1 rings (SSSR count). The number of rotatable bonds is 5. The first-order valence-corrected chi connectivity index (χ1v) is 5.35. The third kappa shape index (κ3) is 4.81. The first-order chi connectivity index (χ1) is 7.08. The van der Waals surface area contributed by atoms with E-state index >= 15 is 0 Å². The van der Waals surface area contributed by atoms with Crippen molar-refractivity contribution in [3.63, 3.8) is 0 Å². The molecule has 0 amide bonds. The lowest BCUT2D eigenvalue weighted by Gasteiger charge is -2.15. The maximum Gasteiger partial charge on any atom is 0.115 e. The van der Waals surface area contributed by atoms with E-state index in [9.17, 15) is 0 Å². The summed E-state index contributed by atoms with van der Waals surface area (Å²) in [6, 6.07) is 7.91. The average Bonchev–Trinajstić information content (AvgIpc) is 2.19. The molecular weight excluding hydrogens is 188 g/mol. The van der Waals surface area contributed by atoms with E-state index in [2.05, 4.69) is 12.2 Å². The molecule has 1 aromatic rings. The third-order valence-corrected chi connectivity index (χ3v) is 2.27. The maximum absolute atomic E-state index is 9.13. The summed E-state index contributed by atoms with van der Waals surface area (Å²) in [5, 5.41) is 12.5. The molecule has 2 unspecified atom stereocenters. The molecule has 0 saturated heterocycles. The molecule has 0 fully saturated rings. The van der Waals surface area contributed by atoms with Crippen LogP contribution < -0.4 is 11.1 Å². The summed E-state index contributed by atoms with van der Waals surface area (Å²) < 4.78 is 0. The van der Waals surface area contributed by atoms with Crippen molar-refractivity contribution in [3.05, 3.63) is 29.8 Å². The molecule has 1 aromatic carbocycles. The predicted octanol–water partition coefficient (Wildman–Crippen LogP) is 1.26. The van der Waals surface area contributed by atoms with E-state index in [-0.39, 0.29) is 6.04 Å². The summed E-state index contributed by atoms with van der Waals surface area (Å²) in [4.78, 5) is 0. The zero-order chi connectivity index (χ0) is 11.3. The molecule has 4 N–H and O–H groups in total. The summed E-state index contributed by atoms with van der Waals surface area (Å²) in [6.07, 6.45) is 0.951. The highest BCUT2D eigenvalue weighted by Gasteiger charge is 2.03. The Labute approximate surface area is 91.3 Å². The van der Waals surface area contributed by atoms with Crippen LogP contribution in [-0.2, 0) is 6.42 Å². The van der Waals surface area contributed by atoms with Gasteiger partial charge in [0, 0.05) is 18.6 Å². The smallest absolute Gasteiger partial charge is 0.115 e. The lowest BCUT2D eigenvalue weighted by atomic mass is 10.1. The van der Waals surface area contributed by atoms with Crippen LogP contribution in [0, 0.1) is 0 Å². The number of aromatic hydroxyl groups is 1. The van der Waals surface area contributed by atoms with E-state index in [1.54, 1.807) is 12.1 Å². The second-order valence-electron chi connectivity index (χ2n) is 4.16. The van der Waals surface area contributed by atoms with Gasteiger partial charge in [-0.3, -0.25) is 0 Å². The van der Waals surface area contributed by atoms with Crippen molar-refractivity contribution < 1.29 is 5.11 Å². The third-order valence-electron chi connectivity index (χ3n) is 2.27. The van der Waals surface area contributed by atoms with Gasteiger partial charge in [0.15, 0.2) is 0 Å². The first kappa shape index (κ1) is 12.0. The van der Waals surface area contributed by atoms with Crippen LogP contribution in [0.3, 0.4) is 0 Å². The summed E-state index contributed by atoms with van der Waals surface area (Å²) >= 11 is 0. The highest BCUT2D eigenvalue weighted by Crippen LogP contribution is 2.11. The van der Waals surface area contributed by atoms with Gasteiger partial charge in [-0.2, -0.15) is 0 Å². The average molecular weight is 208 g/mol. The number of nitrogens with two attached hydrogens (primary N) is 1. The Morgan fingerprint density at radius 3 is 2.40 bits per heavy atom. The fraction of sp³-hybridized carbons (Fsp3) is 0.500. The molecule has 0 heterocycles. The van der Waals surface area contributed by atoms with Crippen LogP contribution in [0.15, 0.2) is 24.3 Å². The van der Waals surface area contributed by atoms with E-state index in [1.165, 1.54) is 5.56 Å². The highest BCUT2D eigenvalue weighted by atomic mass is 16.3. The zero-order valence-corrected chi connectivity index (χ0v) is 9.40. The molecule has 3 heteroatoms. The zero-order valence-electron chi connectivity index (χ0n) is 9.40.